The van der Waals surface area contributed by atoms with Crippen LogP contribution in [0.15, 0.2) is 29.2 Å². The minimum atomic E-state index is -3.73. The van der Waals surface area contributed by atoms with Gasteiger partial charge in [0.1, 0.15) is 0 Å². The number of nitrogens with two attached hydrogens (primary N) is 1. The highest BCUT2D eigenvalue weighted by Crippen LogP contribution is 2.33. The van der Waals surface area contributed by atoms with E-state index in [9.17, 15) is 22.8 Å². The molecule has 1 saturated carbocycles. The van der Waals surface area contributed by atoms with Crippen LogP contribution in [0.5, 0.6) is 0 Å². The van der Waals surface area contributed by atoms with E-state index in [-0.39, 0.29) is 47.7 Å². The predicted octanol–water partition coefficient (Wildman–Crippen LogP) is -0.0242. The molecule has 1 aliphatic carbocycles. The number of rotatable bonds is 8. The maximum Gasteiger partial charge on any atom is 0.324 e. The Morgan fingerprint density at radius 3 is 2.61 bits per heavy atom. The molecule has 170 valence electrons. The molecule has 1 heterocycles. The number of primary sulfonamides is 1. The molecule has 4 N–H and O–H groups in total. The molecule has 3 atom stereocenters. The van der Waals surface area contributed by atoms with Crippen LogP contribution >= 0.6 is 0 Å². The van der Waals surface area contributed by atoms with Gasteiger partial charge in [-0.1, -0.05) is 12.1 Å². The lowest BCUT2D eigenvalue weighted by molar-refractivity contribution is -0.139. The van der Waals surface area contributed by atoms with Gasteiger partial charge in [0.2, 0.25) is 21.8 Å². The van der Waals surface area contributed by atoms with E-state index in [1.807, 2.05) is 0 Å². The molecule has 1 saturated heterocycles. The van der Waals surface area contributed by atoms with Crippen molar-refractivity contribution in [2.24, 2.45) is 17.0 Å². The van der Waals surface area contributed by atoms with E-state index in [4.69, 9.17) is 9.88 Å². The lowest BCUT2D eigenvalue weighted by Gasteiger charge is -2.41. The number of nitrogens with zero attached hydrogens (tertiary/aromatic N) is 1. The van der Waals surface area contributed by atoms with E-state index in [0.717, 1.165) is 5.56 Å². The zero-order valence-corrected chi connectivity index (χ0v) is 18.2. The third-order valence-corrected chi connectivity index (χ3v) is 6.77. The summed E-state index contributed by atoms with van der Waals surface area (Å²) >= 11 is 0. The molecule has 10 nitrogen and oxygen atoms in total. The van der Waals surface area contributed by atoms with Gasteiger partial charge in [0.25, 0.3) is 0 Å². The first-order chi connectivity index (χ1) is 14.7. The van der Waals surface area contributed by atoms with Crippen molar-refractivity contribution in [2.75, 3.05) is 26.8 Å². The second kappa shape index (κ2) is 9.75. The number of amides is 4. The summed E-state index contributed by atoms with van der Waals surface area (Å²) in [6.45, 7) is 0.896. The lowest BCUT2D eigenvalue weighted by atomic mass is 9.76. The molecule has 2 aliphatic rings. The van der Waals surface area contributed by atoms with Gasteiger partial charge in [0, 0.05) is 25.6 Å². The Morgan fingerprint density at radius 2 is 1.97 bits per heavy atom. The molecule has 1 aromatic rings. The first-order valence-electron chi connectivity index (χ1n) is 10.2. The Bertz CT molecular complexity index is 933. The molecule has 1 aromatic carbocycles. The number of hydrogen-bond donors (Lipinski definition) is 3. The lowest BCUT2D eigenvalue weighted by Crippen LogP contribution is -2.62. The normalized spacial score (nSPS) is 23.8. The average molecular weight is 453 g/mol. The number of methoxy groups -OCH3 is 1. The van der Waals surface area contributed by atoms with Gasteiger partial charge in [-0.25, -0.2) is 18.4 Å². The molecule has 3 unspecified atom stereocenters. The summed E-state index contributed by atoms with van der Waals surface area (Å²) in [5.41, 5.74) is 0.873. The fraction of sp³-hybridized carbons (Fsp3) is 0.550. The second-order valence-electron chi connectivity index (χ2n) is 7.89. The van der Waals surface area contributed by atoms with Crippen molar-refractivity contribution < 1.29 is 27.5 Å². The third kappa shape index (κ3) is 5.60. The Labute approximate surface area is 181 Å². The van der Waals surface area contributed by atoms with Crippen molar-refractivity contribution >= 4 is 27.9 Å². The fourth-order valence-corrected chi connectivity index (χ4v) is 4.63. The number of hydrogen-bond acceptors (Lipinski definition) is 6. The number of imide groups is 1. The van der Waals surface area contributed by atoms with E-state index in [2.05, 4.69) is 10.6 Å². The average Bonchev–Trinajstić information content (AvgIpc) is 2.73. The standard InChI is InChI=1S/C20H28N4O6S/c1-30-11-10-24-19(26)16-7-4-14(12-17(16)23-20(24)27)18(25)22-9-8-13-2-5-15(6-3-13)31(21,28)29/h2-3,5-6,14,16-17H,4,7-12H2,1H3,(H,22,25)(H,23,27)(H2,21,28,29). The number of fused-ring (bicyclic) bond motifs is 1. The van der Waals surface area contributed by atoms with Crippen LogP contribution in [0.4, 0.5) is 4.79 Å². The predicted molar refractivity (Wildman–Crippen MR) is 111 cm³/mol. The topological polar surface area (TPSA) is 148 Å². The van der Waals surface area contributed by atoms with E-state index >= 15 is 0 Å². The number of ether oxygens (including phenoxy) is 1. The van der Waals surface area contributed by atoms with Crippen LogP contribution in [0, 0.1) is 11.8 Å². The molecule has 4 amide bonds. The van der Waals surface area contributed by atoms with Crippen LogP contribution < -0.4 is 15.8 Å². The van der Waals surface area contributed by atoms with Crippen LogP contribution in [-0.2, 0) is 30.8 Å². The maximum absolute atomic E-state index is 12.6. The van der Waals surface area contributed by atoms with Crippen molar-refractivity contribution in [1.29, 1.82) is 0 Å². The van der Waals surface area contributed by atoms with Crippen molar-refractivity contribution in [1.82, 2.24) is 15.5 Å². The molecule has 0 spiro atoms. The minimum Gasteiger partial charge on any atom is -0.383 e. The summed E-state index contributed by atoms with van der Waals surface area (Å²) in [5, 5.41) is 10.8. The molecule has 3 rings (SSSR count). The third-order valence-electron chi connectivity index (χ3n) is 5.84. The van der Waals surface area contributed by atoms with Crippen LogP contribution in [-0.4, -0.2) is 64.0 Å². The number of carbonyl (C=O) groups is 3. The SMILES string of the molecule is COCCN1C(=O)NC2CC(C(=O)NCCc3ccc(S(N)(=O)=O)cc3)CCC2C1=O. The highest BCUT2D eigenvalue weighted by atomic mass is 32.2. The van der Waals surface area contributed by atoms with Crippen LogP contribution in [0.25, 0.3) is 0 Å². The Kier molecular flexibility index (Phi) is 7.29. The highest BCUT2D eigenvalue weighted by Gasteiger charge is 2.45. The number of urea groups is 1. The summed E-state index contributed by atoms with van der Waals surface area (Å²) in [7, 11) is -2.21. The smallest absolute Gasteiger partial charge is 0.324 e. The zero-order valence-electron chi connectivity index (χ0n) is 17.4. The summed E-state index contributed by atoms with van der Waals surface area (Å²) in [5.74, 6) is -0.892. The number of carbonyl (C=O) groups excluding carboxylic acids is 3. The monoisotopic (exact) mass is 452 g/mol. The van der Waals surface area contributed by atoms with Gasteiger partial charge in [-0.3, -0.25) is 14.5 Å². The van der Waals surface area contributed by atoms with E-state index in [1.165, 1.54) is 24.1 Å². The first kappa shape index (κ1) is 23.2. The summed E-state index contributed by atoms with van der Waals surface area (Å²) in [6, 6.07) is 5.42. The van der Waals surface area contributed by atoms with Gasteiger partial charge in [-0.2, -0.15) is 0 Å². The van der Waals surface area contributed by atoms with Gasteiger partial charge >= 0.3 is 6.03 Å². The van der Waals surface area contributed by atoms with Gasteiger partial charge in [0.15, 0.2) is 0 Å². The quantitative estimate of drug-likeness (QED) is 0.505. The fourth-order valence-electron chi connectivity index (χ4n) is 4.12. The highest BCUT2D eigenvalue weighted by molar-refractivity contribution is 7.89. The summed E-state index contributed by atoms with van der Waals surface area (Å²) in [4.78, 5) is 38.7. The molecule has 11 heteroatoms. The van der Waals surface area contributed by atoms with Gasteiger partial charge in [-0.15, -0.1) is 0 Å². The first-order valence-corrected chi connectivity index (χ1v) is 11.8. The molecule has 31 heavy (non-hydrogen) atoms. The maximum atomic E-state index is 12.6. The molecular weight excluding hydrogens is 424 g/mol. The van der Waals surface area contributed by atoms with E-state index < -0.39 is 16.1 Å². The van der Waals surface area contributed by atoms with Crippen molar-refractivity contribution in [3.05, 3.63) is 29.8 Å². The van der Waals surface area contributed by atoms with Gasteiger partial charge < -0.3 is 15.4 Å². The molecule has 0 aromatic heterocycles. The second-order valence-corrected chi connectivity index (χ2v) is 9.45. The molecule has 0 bridgehead atoms. The van der Waals surface area contributed by atoms with Gasteiger partial charge in [-0.05, 0) is 43.4 Å². The number of sulfonamides is 1. The van der Waals surface area contributed by atoms with Crippen molar-refractivity contribution in [3.8, 4) is 0 Å². The van der Waals surface area contributed by atoms with Crippen LogP contribution in [0.3, 0.4) is 0 Å². The van der Waals surface area contributed by atoms with Crippen LogP contribution in [0.2, 0.25) is 0 Å². The van der Waals surface area contributed by atoms with E-state index in [1.54, 1.807) is 12.1 Å². The van der Waals surface area contributed by atoms with Crippen LogP contribution in [0.1, 0.15) is 24.8 Å². The molecule has 1 aliphatic heterocycles. The summed E-state index contributed by atoms with van der Waals surface area (Å²) < 4.78 is 27.5. The zero-order chi connectivity index (χ0) is 22.6. The molecule has 2 fully saturated rings. The van der Waals surface area contributed by atoms with Crippen molar-refractivity contribution in [2.45, 2.75) is 36.6 Å². The van der Waals surface area contributed by atoms with Crippen molar-refractivity contribution in [3.63, 3.8) is 0 Å². The number of nitrogens with one attached hydrogen (secondary N) is 2. The van der Waals surface area contributed by atoms with E-state index in [0.29, 0.717) is 32.2 Å². The molecular formula is C20H28N4O6S. The number of benzene rings is 1. The Balaban J connectivity index is 1.48. The Hall–Kier alpha value is -2.50. The Morgan fingerprint density at radius 1 is 1.26 bits per heavy atom. The van der Waals surface area contributed by atoms with Gasteiger partial charge in [0.05, 0.1) is 24.0 Å². The summed E-state index contributed by atoms with van der Waals surface area (Å²) in [6.07, 6.45) is 2.09. The molecule has 0 radical (unpaired) electrons. The minimum absolute atomic E-state index is 0.0434. The largest absolute Gasteiger partial charge is 0.383 e.